The van der Waals surface area contributed by atoms with Gasteiger partial charge in [0.25, 0.3) is 5.91 Å². The number of anilines is 2. The molecule has 2 rings (SSSR count). The van der Waals surface area contributed by atoms with Gasteiger partial charge in [0.1, 0.15) is 5.82 Å². The van der Waals surface area contributed by atoms with Gasteiger partial charge < -0.3 is 11.1 Å². The van der Waals surface area contributed by atoms with E-state index in [1.807, 2.05) is 6.92 Å². The first-order chi connectivity index (χ1) is 8.95. The van der Waals surface area contributed by atoms with E-state index in [0.717, 1.165) is 5.56 Å². The van der Waals surface area contributed by atoms with Gasteiger partial charge >= 0.3 is 0 Å². The van der Waals surface area contributed by atoms with Gasteiger partial charge in [0, 0.05) is 16.9 Å². The fourth-order valence-corrected chi connectivity index (χ4v) is 1.84. The molecule has 0 atom stereocenters. The lowest BCUT2D eigenvalue weighted by Gasteiger charge is -2.07. The van der Waals surface area contributed by atoms with Crippen LogP contribution in [0.25, 0.3) is 0 Å². The number of halogens is 2. The Labute approximate surface area is 115 Å². The molecule has 3 nitrogen and oxygen atoms in total. The summed E-state index contributed by atoms with van der Waals surface area (Å²) < 4.78 is 13.3. The second-order valence-corrected chi connectivity index (χ2v) is 4.62. The quantitative estimate of drug-likeness (QED) is 0.824. The van der Waals surface area contributed by atoms with Gasteiger partial charge in [0.2, 0.25) is 0 Å². The largest absolute Gasteiger partial charge is 0.399 e. The van der Waals surface area contributed by atoms with Crippen LogP contribution in [0.5, 0.6) is 0 Å². The second kappa shape index (κ2) is 5.28. The van der Waals surface area contributed by atoms with Crippen LogP contribution in [-0.4, -0.2) is 5.91 Å². The minimum absolute atomic E-state index is 0.0119. The molecule has 98 valence electrons. The number of hydrogen-bond acceptors (Lipinski definition) is 2. The van der Waals surface area contributed by atoms with Crippen molar-refractivity contribution in [1.82, 2.24) is 0 Å². The van der Waals surface area contributed by atoms with Crippen LogP contribution < -0.4 is 11.1 Å². The SMILES string of the molecule is Cc1cc(N)cc(C(=O)Nc2ccc(Cl)c(F)c2)c1. The number of nitrogens with two attached hydrogens (primary N) is 1. The molecule has 19 heavy (non-hydrogen) atoms. The molecule has 0 aromatic heterocycles. The van der Waals surface area contributed by atoms with E-state index >= 15 is 0 Å². The number of carbonyl (C=O) groups excluding carboxylic acids is 1. The molecular weight excluding hydrogens is 267 g/mol. The Bertz CT molecular complexity index is 623. The average molecular weight is 279 g/mol. The van der Waals surface area contributed by atoms with E-state index in [1.54, 1.807) is 18.2 Å². The average Bonchev–Trinajstić information content (AvgIpc) is 2.32. The summed E-state index contributed by atoms with van der Waals surface area (Å²) in [6, 6.07) is 9.12. The van der Waals surface area contributed by atoms with Crippen molar-refractivity contribution >= 4 is 28.9 Å². The normalized spacial score (nSPS) is 10.3. The number of hydrogen-bond donors (Lipinski definition) is 2. The van der Waals surface area contributed by atoms with Crippen LogP contribution in [0.15, 0.2) is 36.4 Å². The summed E-state index contributed by atoms with van der Waals surface area (Å²) in [4.78, 5) is 12.0. The first kappa shape index (κ1) is 13.4. The Morgan fingerprint density at radius 3 is 2.63 bits per heavy atom. The molecule has 0 fully saturated rings. The Kier molecular flexibility index (Phi) is 3.71. The number of carbonyl (C=O) groups is 1. The van der Waals surface area contributed by atoms with Gasteiger partial charge in [-0.3, -0.25) is 4.79 Å². The lowest BCUT2D eigenvalue weighted by Crippen LogP contribution is -2.12. The van der Waals surface area contributed by atoms with Crippen molar-refractivity contribution < 1.29 is 9.18 Å². The minimum atomic E-state index is -0.580. The molecule has 0 aliphatic rings. The molecule has 3 N–H and O–H groups in total. The first-order valence-corrected chi connectivity index (χ1v) is 5.97. The third-order valence-electron chi connectivity index (χ3n) is 2.54. The van der Waals surface area contributed by atoms with E-state index in [4.69, 9.17) is 17.3 Å². The number of nitrogens with one attached hydrogen (secondary N) is 1. The van der Waals surface area contributed by atoms with Crippen molar-refractivity contribution in [3.8, 4) is 0 Å². The second-order valence-electron chi connectivity index (χ2n) is 4.22. The van der Waals surface area contributed by atoms with Crippen LogP contribution in [0, 0.1) is 12.7 Å². The van der Waals surface area contributed by atoms with Crippen molar-refractivity contribution in [3.05, 3.63) is 58.4 Å². The number of nitrogen functional groups attached to an aromatic ring is 1. The molecule has 0 aliphatic carbocycles. The van der Waals surface area contributed by atoms with Crippen LogP contribution >= 0.6 is 11.6 Å². The molecule has 0 radical (unpaired) electrons. The zero-order valence-corrected chi connectivity index (χ0v) is 11.0. The Balaban J connectivity index is 2.22. The van der Waals surface area contributed by atoms with Crippen LogP contribution in [0.3, 0.4) is 0 Å². The Morgan fingerprint density at radius 1 is 1.26 bits per heavy atom. The Hall–Kier alpha value is -2.07. The lowest BCUT2D eigenvalue weighted by molar-refractivity contribution is 0.102. The van der Waals surface area contributed by atoms with Crippen LogP contribution in [-0.2, 0) is 0 Å². The van der Waals surface area contributed by atoms with Gasteiger partial charge in [-0.1, -0.05) is 11.6 Å². The maximum atomic E-state index is 13.3. The van der Waals surface area contributed by atoms with E-state index in [9.17, 15) is 9.18 Å². The smallest absolute Gasteiger partial charge is 0.255 e. The first-order valence-electron chi connectivity index (χ1n) is 5.59. The standard InChI is InChI=1S/C14H12ClFN2O/c1-8-4-9(6-10(17)5-8)14(19)18-11-2-3-12(15)13(16)7-11/h2-7H,17H2,1H3,(H,18,19). The van der Waals surface area contributed by atoms with Crippen LogP contribution in [0.4, 0.5) is 15.8 Å². The summed E-state index contributed by atoms with van der Waals surface area (Å²) in [5.74, 6) is -0.930. The van der Waals surface area contributed by atoms with Gasteiger partial charge in [-0.25, -0.2) is 4.39 Å². The van der Waals surface area contributed by atoms with Crippen molar-refractivity contribution in [2.75, 3.05) is 11.1 Å². The molecule has 0 bridgehead atoms. The summed E-state index contributed by atoms with van der Waals surface area (Å²) in [5, 5.41) is 2.60. The van der Waals surface area contributed by atoms with Crippen LogP contribution in [0.2, 0.25) is 5.02 Å². The molecule has 0 aliphatic heterocycles. The van der Waals surface area contributed by atoms with Gasteiger partial charge in [0.05, 0.1) is 5.02 Å². The molecule has 2 aromatic rings. The van der Waals surface area contributed by atoms with E-state index in [-0.39, 0.29) is 10.9 Å². The molecule has 1 amide bonds. The predicted molar refractivity (Wildman–Crippen MR) is 75.0 cm³/mol. The van der Waals surface area contributed by atoms with Crippen molar-refractivity contribution in [1.29, 1.82) is 0 Å². The Morgan fingerprint density at radius 2 is 2.00 bits per heavy atom. The number of rotatable bonds is 2. The topological polar surface area (TPSA) is 55.1 Å². The third kappa shape index (κ3) is 3.23. The number of aryl methyl sites for hydroxylation is 1. The zero-order chi connectivity index (χ0) is 14.0. The van der Waals surface area contributed by atoms with Crippen molar-refractivity contribution in [2.45, 2.75) is 6.92 Å². The summed E-state index contributed by atoms with van der Waals surface area (Å²) in [6.07, 6.45) is 0. The highest BCUT2D eigenvalue weighted by Gasteiger charge is 2.09. The van der Waals surface area contributed by atoms with Gasteiger partial charge in [-0.05, 0) is 48.9 Å². The highest BCUT2D eigenvalue weighted by atomic mass is 35.5. The van der Waals surface area contributed by atoms with E-state index in [1.165, 1.54) is 18.2 Å². The highest BCUT2D eigenvalue weighted by molar-refractivity contribution is 6.30. The maximum absolute atomic E-state index is 13.3. The summed E-state index contributed by atoms with van der Waals surface area (Å²) >= 11 is 5.57. The number of benzene rings is 2. The molecule has 0 saturated carbocycles. The van der Waals surface area contributed by atoms with E-state index in [0.29, 0.717) is 16.9 Å². The summed E-state index contributed by atoms with van der Waals surface area (Å²) in [5.41, 5.74) is 7.83. The monoisotopic (exact) mass is 278 g/mol. The van der Waals surface area contributed by atoms with E-state index in [2.05, 4.69) is 5.32 Å². The predicted octanol–water partition coefficient (Wildman–Crippen LogP) is 3.62. The molecule has 0 unspecified atom stereocenters. The van der Waals surface area contributed by atoms with E-state index < -0.39 is 5.82 Å². The molecule has 2 aromatic carbocycles. The van der Waals surface area contributed by atoms with Gasteiger partial charge in [-0.2, -0.15) is 0 Å². The van der Waals surface area contributed by atoms with Crippen LogP contribution in [0.1, 0.15) is 15.9 Å². The zero-order valence-electron chi connectivity index (χ0n) is 10.2. The molecular formula is C14H12ClFN2O. The van der Waals surface area contributed by atoms with Gasteiger partial charge in [0.15, 0.2) is 0 Å². The molecule has 0 heterocycles. The fourth-order valence-electron chi connectivity index (χ4n) is 1.72. The molecule has 5 heteroatoms. The fraction of sp³-hybridized carbons (Fsp3) is 0.0714. The third-order valence-corrected chi connectivity index (χ3v) is 2.85. The lowest BCUT2D eigenvalue weighted by atomic mass is 10.1. The molecule has 0 saturated heterocycles. The van der Waals surface area contributed by atoms with Crippen molar-refractivity contribution in [3.63, 3.8) is 0 Å². The molecule has 0 spiro atoms. The minimum Gasteiger partial charge on any atom is -0.399 e. The van der Waals surface area contributed by atoms with Gasteiger partial charge in [-0.15, -0.1) is 0 Å². The van der Waals surface area contributed by atoms with Crippen molar-refractivity contribution in [2.24, 2.45) is 0 Å². The maximum Gasteiger partial charge on any atom is 0.255 e. The summed E-state index contributed by atoms with van der Waals surface area (Å²) in [7, 11) is 0. The highest BCUT2D eigenvalue weighted by Crippen LogP contribution is 2.20. The number of amides is 1. The summed E-state index contributed by atoms with van der Waals surface area (Å²) in [6.45, 7) is 1.84.